The summed E-state index contributed by atoms with van der Waals surface area (Å²) in [4.78, 5) is 46.4. The Morgan fingerprint density at radius 2 is 1.82 bits per heavy atom. The SMILES string of the molecule is Cc1ccc(CC(=O)Cc2nc(CC(=O)N3CC[NH+](C)CC3)cs2)c(C(=O)C2CCCC2)c1. The van der Waals surface area contributed by atoms with Gasteiger partial charge < -0.3 is 9.80 Å². The first-order chi connectivity index (χ1) is 15.9. The van der Waals surface area contributed by atoms with Gasteiger partial charge in [-0.3, -0.25) is 14.4 Å². The Kier molecular flexibility index (Phi) is 7.71. The van der Waals surface area contributed by atoms with Crippen molar-refractivity contribution < 1.29 is 19.3 Å². The lowest BCUT2D eigenvalue weighted by Gasteiger charge is -2.29. The number of piperazine rings is 1. The van der Waals surface area contributed by atoms with Crippen LogP contribution in [0.1, 0.15) is 57.9 Å². The van der Waals surface area contributed by atoms with Crippen molar-refractivity contribution >= 4 is 28.8 Å². The highest BCUT2D eigenvalue weighted by molar-refractivity contribution is 7.09. The smallest absolute Gasteiger partial charge is 0.229 e. The van der Waals surface area contributed by atoms with Crippen LogP contribution in [-0.4, -0.2) is 60.6 Å². The van der Waals surface area contributed by atoms with Gasteiger partial charge in [-0.05, 0) is 31.4 Å². The van der Waals surface area contributed by atoms with Crippen molar-refractivity contribution in [2.45, 2.75) is 51.9 Å². The minimum Gasteiger partial charge on any atom is -0.334 e. The zero-order chi connectivity index (χ0) is 23.4. The maximum absolute atomic E-state index is 13.1. The van der Waals surface area contributed by atoms with Crippen LogP contribution in [0.15, 0.2) is 23.6 Å². The molecule has 0 bridgehead atoms. The number of ketones is 2. The minimum atomic E-state index is 0.0496. The van der Waals surface area contributed by atoms with Gasteiger partial charge in [0.25, 0.3) is 0 Å². The van der Waals surface area contributed by atoms with Gasteiger partial charge in [0.2, 0.25) is 5.91 Å². The van der Waals surface area contributed by atoms with E-state index in [1.165, 1.54) is 16.2 Å². The predicted octanol–water partition coefficient (Wildman–Crippen LogP) is 2.08. The van der Waals surface area contributed by atoms with Crippen molar-refractivity contribution in [3.8, 4) is 0 Å². The molecule has 2 aliphatic rings. The molecular formula is C26H34N3O3S+. The van der Waals surface area contributed by atoms with Crippen molar-refractivity contribution in [3.05, 3.63) is 51.0 Å². The molecule has 0 atom stereocenters. The van der Waals surface area contributed by atoms with E-state index in [2.05, 4.69) is 12.0 Å². The van der Waals surface area contributed by atoms with Gasteiger partial charge in [-0.2, -0.15) is 0 Å². The largest absolute Gasteiger partial charge is 0.334 e. The second-order valence-corrected chi connectivity index (χ2v) is 10.6. The lowest BCUT2D eigenvalue weighted by molar-refractivity contribution is -0.883. The highest BCUT2D eigenvalue weighted by Gasteiger charge is 2.26. The summed E-state index contributed by atoms with van der Waals surface area (Å²) in [6.45, 7) is 5.52. The third-order valence-corrected chi connectivity index (χ3v) is 7.79. The van der Waals surface area contributed by atoms with Crippen molar-refractivity contribution in [1.29, 1.82) is 0 Å². The molecule has 1 aliphatic carbocycles. The van der Waals surface area contributed by atoms with E-state index in [0.29, 0.717) is 6.42 Å². The number of aromatic nitrogens is 1. The lowest BCUT2D eigenvalue weighted by atomic mass is 9.90. The Bertz CT molecular complexity index is 1020. The summed E-state index contributed by atoms with van der Waals surface area (Å²) < 4.78 is 0. The molecule has 4 rings (SSSR count). The fourth-order valence-electron chi connectivity index (χ4n) is 4.84. The van der Waals surface area contributed by atoms with Crippen molar-refractivity contribution in [2.75, 3.05) is 33.2 Å². The molecule has 1 aliphatic heterocycles. The number of hydrogen-bond acceptors (Lipinski definition) is 5. The second-order valence-electron chi connectivity index (χ2n) is 9.65. The van der Waals surface area contributed by atoms with Gasteiger partial charge in [0, 0.05) is 23.3 Å². The van der Waals surface area contributed by atoms with E-state index < -0.39 is 0 Å². The molecule has 1 N–H and O–H groups in total. The minimum absolute atomic E-state index is 0.0496. The maximum atomic E-state index is 13.1. The number of nitrogens with zero attached hydrogens (tertiary/aromatic N) is 2. The molecule has 1 amide bonds. The number of thiazole rings is 1. The van der Waals surface area contributed by atoms with E-state index >= 15 is 0 Å². The number of Topliss-reactive ketones (excluding diaryl/α,β-unsaturated/α-hetero) is 2. The van der Waals surface area contributed by atoms with Crippen LogP contribution in [0.2, 0.25) is 0 Å². The Balaban J connectivity index is 1.35. The van der Waals surface area contributed by atoms with E-state index in [9.17, 15) is 14.4 Å². The van der Waals surface area contributed by atoms with Gasteiger partial charge in [-0.1, -0.05) is 30.5 Å². The van der Waals surface area contributed by atoms with Gasteiger partial charge in [0.05, 0.1) is 51.8 Å². The van der Waals surface area contributed by atoms with Crippen LogP contribution in [0.5, 0.6) is 0 Å². The van der Waals surface area contributed by atoms with Crippen LogP contribution in [0, 0.1) is 12.8 Å². The molecule has 0 radical (unpaired) electrons. The Morgan fingerprint density at radius 1 is 1.09 bits per heavy atom. The molecule has 176 valence electrons. The quantitative estimate of drug-likeness (QED) is 0.602. The molecule has 33 heavy (non-hydrogen) atoms. The standard InChI is InChI=1S/C26H33N3O3S/c1-18-7-8-20(23(13-18)26(32)19-5-3-4-6-19)14-22(30)16-24-27-21(17-33-24)15-25(31)29-11-9-28(2)10-12-29/h7-8,13,17,19H,3-6,9-12,14-16H2,1-2H3/p+1. The highest BCUT2D eigenvalue weighted by atomic mass is 32.1. The first kappa shape index (κ1) is 23.8. The fraction of sp³-hybridized carbons (Fsp3) is 0.538. The molecule has 1 saturated heterocycles. The molecule has 2 heterocycles. The number of likely N-dealkylation sites (N-methyl/N-ethyl adjacent to an activating group) is 1. The van der Waals surface area contributed by atoms with Crippen LogP contribution in [0.3, 0.4) is 0 Å². The van der Waals surface area contributed by atoms with Crippen LogP contribution >= 0.6 is 11.3 Å². The Morgan fingerprint density at radius 3 is 2.55 bits per heavy atom. The van der Waals surface area contributed by atoms with E-state index in [0.717, 1.165) is 79.3 Å². The summed E-state index contributed by atoms with van der Waals surface area (Å²) in [5.41, 5.74) is 3.33. The van der Waals surface area contributed by atoms with Gasteiger partial charge in [0.15, 0.2) is 5.78 Å². The molecule has 1 aromatic heterocycles. The average molecular weight is 469 g/mol. The van der Waals surface area contributed by atoms with E-state index in [1.54, 1.807) is 0 Å². The number of rotatable bonds is 8. The lowest BCUT2D eigenvalue weighted by Crippen LogP contribution is -3.12. The molecule has 0 spiro atoms. The molecule has 7 heteroatoms. The average Bonchev–Trinajstić information content (AvgIpc) is 3.47. The summed E-state index contributed by atoms with van der Waals surface area (Å²) in [5.74, 6) is 0.454. The van der Waals surface area contributed by atoms with Crippen LogP contribution in [0.4, 0.5) is 0 Å². The molecule has 2 fully saturated rings. The van der Waals surface area contributed by atoms with Gasteiger partial charge in [-0.15, -0.1) is 11.3 Å². The van der Waals surface area contributed by atoms with Crippen molar-refractivity contribution in [2.24, 2.45) is 5.92 Å². The number of carbonyl (C=O) groups is 3. The number of carbonyl (C=O) groups excluding carboxylic acids is 3. The Hall–Kier alpha value is -2.38. The Labute approximate surface area is 200 Å². The van der Waals surface area contributed by atoms with Crippen LogP contribution in [-0.2, 0) is 28.9 Å². The molecular weight excluding hydrogens is 434 g/mol. The van der Waals surface area contributed by atoms with E-state index in [4.69, 9.17) is 0 Å². The molecule has 6 nitrogen and oxygen atoms in total. The summed E-state index contributed by atoms with van der Waals surface area (Å²) in [5, 5.41) is 2.63. The monoisotopic (exact) mass is 468 g/mol. The summed E-state index contributed by atoms with van der Waals surface area (Å²) in [6, 6.07) is 5.84. The second kappa shape index (κ2) is 10.7. The third kappa shape index (κ3) is 6.15. The summed E-state index contributed by atoms with van der Waals surface area (Å²) in [7, 11) is 2.15. The number of amides is 1. The highest BCUT2D eigenvalue weighted by Crippen LogP contribution is 2.29. The number of nitrogens with one attached hydrogen (secondary N) is 1. The normalized spacial score (nSPS) is 17.5. The topological polar surface area (TPSA) is 71.8 Å². The van der Waals surface area contributed by atoms with Gasteiger partial charge in [0.1, 0.15) is 10.8 Å². The fourth-order valence-corrected chi connectivity index (χ4v) is 5.66. The third-order valence-electron chi connectivity index (χ3n) is 6.89. The summed E-state index contributed by atoms with van der Waals surface area (Å²) in [6.07, 6.45) is 4.91. The first-order valence-electron chi connectivity index (χ1n) is 12.1. The zero-order valence-electron chi connectivity index (χ0n) is 19.7. The molecule has 0 unspecified atom stereocenters. The summed E-state index contributed by atoms with van der Waals surface area (Å²) >= 11 is 1.44. The number of benzene rings is 1. The number of aryl methyl sites for hydroxylation is 1. The van der Waals surface area contributed by atoms with Gasteiger partial charge >= 0.3 is 0 Å². The van der Waals surface area contributed by atoms with Crippen LogP contribution in [0.25, 0.3) is 0 Å². The van der Waals surface area contributed by atoms with Crippen LogP contribution < -0.4 is 4.90 Å². The first-order valence-corrected chi connectivity index (χ1v) is 12.9. The number of quaternary nitrogens is 1. The van der Waals surface area contributed by atoms with E-state index in [1.807, 2.05) is 35.4 Å². The van der Waals surface area contributed by atoms with Crippen molar-refractivity contribution in [1.82, 2.24) is 9.88 Å². The maximum Gasteiger partial charge on any atom is 0.229 e. The molecule has 2 aromatic rings. The predicted molar refractivity (Wildman–Crippen MR) is 129 cm³/mol. The molecule has 1 aromatic carbocycles. The van der Waals surface area contributed by atoms with Gasteiger partial charge in [-0.25, -0.2) is 4.98 Å². The zero-order valence-corrected chi connectivity index (χ0v) is 20.5. The van der Waals surface area contributed by atoms with Crippen molar-refractivity contribution in [3.63, 3.8) is 0 Å². The number of hydrogen-bond donors (Lipinski definition) is 1. The van der Waals surface area contributed by atoms with E-state index in [-0.39, 0.29) is 36.2 Å². The molecule has 1 saturated carbocycles.